The van der Waals surface area contributed by atoms with E-state index < -0.39 is 124 Å². The lowest BCUT2D eigenvalue weighted by molar-refractivity contribution is -0.379. The molecule has 3 saturated heterocycles. The number of aliphatic hydroxyl groups excluding tert-OH is 11. The highest BCUT2D eigenvalue weighted by Gasteiger charge is 2.53. The number of hydrogen-bond acceptors (Lipinski definition) is 18. The summed E-state index contributed by atoms with van der Waals surface area (Å²) in [4.78, 5) is 13.4. The molecular formula is C82H131NO18. The minimum Gasteiger partial charge on any atom is -0.394 e. The van der Waals surface area contributed by atoms with E-state index in [1.165, 1.54) is 51.4 Å². The second-order valence-electron chi connectivity index (χ2n) is 26.0. The zero-order valence-electron chi connectivity index (χ0n) is 60.8. The van der Waals surface area contributed by atoms with Gasteiger partial charge in [-0.2, -0.15) is 0 Å². The molecule has 1 amide bonds. The van der Waals surface area contributed by atoms with Gasteiger partial charge in [0.2, 0.25) is 5.91 Å². The molecule has 0 aromatic rings. The van der Waals surface area contributed by atoms with Gasteiger partial charge in [0.15, 0.2) is 18.9 Å². The fourth-order valence-electron chi connectivity index (χ4n) is 11.4. The number of carbonyl (C=O) groups excluding carboxylic acids is 1. The Morgan fingerprint density at radius 3 is 1.11 bits per heavy atom. The molecule has 19 nitrogen and oxygen atoms in total. The summed E-state index contributed by atoms with van der Waals surface area (Å²) < 4.78 is 34.3. The highest BCUT2D eigenvalue weighted by atomic mass is 16.8. The first-order chi connectivity index (χ1) is 49.3. The molecule has 0 spiro atoms. The van der Waals surface area contributed by atoms with Crippen LogP contribution in [0.1, 0.15) is 206 Å². The maximum Gasteiger partial charge on any atom is 0.220 e. The van der Waals surface area contributed by atoms with Crippen molar-refractivity contribution < 1.29 is 89.4 Å². The quantitative estimate of drug-likeness (QED) is 0.0199. The molecule has 101 heavy (non-hydrogen) atoms. The number of rotatable bonds is 56. The van der Waals surface area contributed by atoms with Crippen molar-refractivity contribution in [3.05, 3.63) is 170 Å². The van der Waals surface area contributed by atoms with Gasteiger partial charge in [-0.25, -0.2) is 0 Å². The van der Waals surface area contributed by atoms with Crippen molar-refractivity contribution in [1.29, 1.82) is 0 Å². The minimum absolute atomic E-state index is 0.194. The molecule has 3 aliphatic rings. The fraction of sp³-hybridized carbons (Fsp3) is 0.646. The largest absolute Gasteiger partial charge is 0.394 e. The molecule has 572 valence electrons. The van der Waals surface area contributed by atoms with Crippen molar-refractivity contribution in [3.63, 3.8) is 0 Å². The first-order valence-corrected chi connectivity index (χ1v) is 37.9. The van der Waals surface area contributed by atoms with Crippen molar-refractivity contribution >= 4 is 5.91 Å². The molecular weight excluding hydrogens is 1290 g/mol. The van der Waals surface area contributed by atoms with Crippen molar-refractivity contribution in [1.82, 2.24) is 5.32 Å². The monoisotopic (exact) mass is 1420 g/mol. The maximum absolute atomic E-state index is 13.4. The zero-order valence-corrected chi connectivity index (χ0v) is 60.8. The summed E-state index contributed by atoms with van der Waals surface area (Å²) in [6.07, 6.45) is 63.4. The molecule has 3 rings (SSSR count). The number of carbonyl (C=O) groups is 1. The Bertz CT molecular complexity index is 2490. The molecule has 0 bridgehead atoms. The van der Waals surface area contributed by atoms with Crippen LogP contribution in [0.4, 0.5) is 0 Å². The second-order valence-corrected chi connectivity index (χ2v) is 26.0. The summed E-state index contributed by atoms with van der Waals surface area (Å²) in [7, 11) is 0. The lowest BCUT2D eigenvalue weighted by Crippen LogP contribution is -2.66. The molecule has 3 heterocycles. The Kier molecular flexibility index (Phi) is 54.1. The topological polar surface area (TPSA) is 307 Å². The van der Waals surface area contributed by atoms with Crippen LogP contribution >= 0.6 is 0 Å². The van der Waals surface area contributed by atoms with Crippen LogP contribution in [0.5, 0.6) is 0 Å². The summed E-state index contributed by atoms with van der Waals surface area (Å²) >= 11 is 0. The van der Waals surface area contributed by atoms with Gasteiger partial charge < -0.3 is 89.9 Å². The highest BCUT2D eigenvalue weighted by Crippen LogP contribution is 2.33. The van der Waals surface area contributed by atoms with E-state index in [1.807, 2.05) is 6.08 Å². The number of allylic oxidation sites excluding steroid dienone is 27. The number of aliphatic hydroxyl groups is 11. The molecule has 17 unspecified atom stereocenters. The molecule has 17 atom stereocenters. The highest BCUT2D eigenvalue weighted by molar-refractivity contribution is 5.76. The Labute approximate surface area is 605 Å². The first kappa shape index (κ1) is 90.4. The Morgan fingerprint density at radius 2 is 0.693 bits per heavy atom. The number of unbranched alkanes of at least 4 members (excludes halogenated alkanes) is 14. The molecule has 12 N–H and O–H groups in total. The van der Waals surface area contributed by atoms with Crippen LogP contribution in [0.25, 0.3) is 0 Å². The van der Waals surface area contributed by atoms with E-state index >= 15 is 0 Å². The van der Waals surface area contributed by atoms with E-state index in [0.29, 0.717) is 12.8 Å². The normalized spacial score (nSPS) is 27.3. The average Bonchev–Trinajstić information content (AvgIpc) is 0.782. The average molecular weight is 1420 g/mol. The standard InChI is InChI=1S/C82H131NO18/c1-3-5-7-9-11-13-15-17-19-20-21-22-23-24-25-26-27-28-29-30-31-32-33-34-35-36-37-38-39-40-41-42-43-44-46-48-50-52-54-56-58-60-70(88)83-65(66(87)59-57-55-53-51-49-47-45-18-16-14-12-10-8-6-4-2)64-96-80-76(94)73(91)78(68(62-85)98-80)101-82-77(95)74(92)79(69(63-86)99-82)100-81-75(93)72(90)71(89)67(61-84)97-81/h5,7,11,13,17,19,21-22,24-25,27-28,30-31,33-34,36-37,39-40,42-43,46,48-49,51,57,59,65-69,71-82,84-87,89-95H,3-4,6,8-10,12,14-16,18,20,23,26,29,32,35,38,41,44-45,47,50,52-56,58,60-64H2,1-2H3,(H,83,88)/b7-5-,13-11-,19-17-,22-21-,25-24-,28-27-,31-30-,34-33-,37-36-,40-39-,43-42-,48-46-,51-49+,59-57+. The molecule has 3 fully saturated rings. The summed E-state index contributed by atoms with van der Waals surface area (Å²) in [6.45, 7) is 1.54. The summed E-state index contributed by atoms with van der Waals surface area (Å²) in [5.74, 6) is -0.318. The molecule has 0 aromatic carbocycles. The van der Waals surface area contributed by atoms with Gasteiger partial charge in [-0.3, -0.25) is 4.79 Å². The van der Waals surface area contributed by atoms with Gasteiger partial charge in [0.05, 0.1) is 38.6 Å². The van der Waals surface area contributed by atoms with Gasteiger partial charge in [0, 0.05) is 6.42 Å². The minimum atomic E-state index is -1.99. The molecule has 0 radical (unpaired) electrons. The van der Waals surface area contributed by atoms with Crippen LogP contribution in [-0.4, -0.2) is 193 Å². The van der Waals surface area contributed by atoms with Crippen LogP contribution in [0.2, 0.25) is 0 Å². The predicted molar refractivity (Wildman–Crippen MR) is 401 cm³/mol. The van der Waals surface area contributed by atoms with Crippen LogP contribution < -0.4 is 5.32 Å². The molecule has 3 aliphatic heterocycles. The van der Waals surface area contributed by atoms with Crippen LogP contribution in [0.3, 0.4) is 0 Å². The van der Waals surface area contributed by atoms with Crippen molar-refractivity contribution in [2.75, 3.05) is 26.4 Å². The molecule has 0 saturated carbocycles. The summed E-state index contributed by atoms with van der Waals surface area (Å²) in [6, 6.07) is -1.02. The van der Waals surface area contributed by atoms with Crippen molar-refractivity contribution in [2.24, 2.45) is 0 Å². The zero-order chi connectivity index (χ0) is 73.2. The first-order valence-electron chi connectivity index (χ1n) is 37.9. The van der Waals surface area contributed by atoms with Crippen LogP contribution in [0.15, 0.2) is 170 Å². The third-order valence-corrected chi connectivity index (χ3v) is 17.5. The van der Waals surface area contributed by atoms with Gasteiger partial charge in [-0.05, 0) is 122 Å². The van der Waals surface area contributed by atoms with Gasteiger partial charge in [0.1, 0.15) is 73.2 Å². The van der Waals surface area contributed by atoms with E-state index in [9.17, 15) is 61.0 Å². The Morgan fingerprint density at radius 1 is 0.366 bits per heavy atom. The maximum atomic E-state index is 13.4. The van der Waals surface area contributed by atoms with E-state index in [4.69, 9.17) is 28.4 Å². The van der Waals surface area contributed by atoms with Gasteiger partial charge >= 0.3 is 0 Å². The van der Waals surface area contributed by atoms with Gasteiger partial charge in [-0.15, -0.1) is 0 Å². The summed E-state index contributed by atoms with van der Waals surface area (Å²) in [5.41, 5.74) is 0. The Hall–Kier alpha value is -4.85. The number of ether oxygens (including phenoxy) is 6. The fourth-order valence-corrected chi connectivity index (χ4v) is 11.4. The number of amides is 1. The van der Waals surface area contributed by atoms with Crippen LogP contribution in [-0.2, 0) is 33.2 Å². The van der Waals surface area contributed by atoms with Crippen molar-refractivity contribution in [3.8, 4) is 0 Å². The van der Waals surface area contributed by atoms with E-state index in [-0.39, 0.29) is 18.9 Å². The number of nitrogens with one attached hydrogen (secondary N) is 1. The third-order valence-electron chi connectivity index (χ3n) is 17.5. The Balaban J connectivity index is 1.37. The van der Waals surface area contributed by atoms with E-state index in [1.54, 1.807) is 6.08 Å². The number of hydrogen-bond donors (Lipinski definition) is 12. The second kappa shape index (κ2) is 60.4. The summed E-state index contributed by atoms with van der Waals surface area (Å²) in [5, 5.41) is 121. The van der Waals surface area contributed by atoms with Gasteiger partial charge in [0.25, 0.3) is 0 Å². The van der Waals surface area contributed by atoms with E-state index in [2.05, 4.69) is 177 Å². The van der Waals surface area contributed by atoms with Crippen LogP contribution in [0, 0.1) is 0 Å². The lowest BCUT2D eigenvalue weighted by Gasteiger charge is -2.48. The molecule has 0 aliphatic carbocycles. The molecule has 19 heteroatoms. The predicted octanol–water partition coefficient (Wildman–Crippen LogP) is 11.8. The lowest BCUT2D eigenvalue weighted by atomic mass is 9.96. The third kappa shape index (κ3) is 40.9. The molecule has 0 aromatic heterocycles. The van der Waals surface area contributed by atoms with E-state index in [0.717, 1.165) is 122 Å². The smallest absolute Gasteiger partial charge is 0.220 e. The SMILES string of the molecule is CC/C=C\C/C=C\C/C=C\C/C=C\C/C=C\C/C=C\C/C=C\C/C=C\C/C=C\C/C=C\C/C=C\C/C=C\CCCCCCC(=O)NC(COC1OC(CO)C(OC2OC(CO)C(OC3OC(CO)C(O)C(O)C3O)C(O)C2O)C(O)C1O)C(O)/C=C/CC/C=C/CCCCCCCCCCC. The van der Waals surface area contributed by atoms with Crippen molar-refractivity contribution in [2.45, 2.75) is 311 Å². The van der Waals surface area contributed by atoms with Gasteiger partial charge in [-0.1, -0.05) is 248 Å².